The second-order valence-corrected chi connectivity index (χ2v) is 11.7. The lowest BCUT2D eigenvalue weighted by atomic mass is 10.1. The van der Waals surface area contributed by atoms with Crippen LogP contribution in [-0.2, 0) is 18.9 Å². The molecule has 0 bridgehead atoms. The van der Waals surface area contributed by atoms with Gasteiger partial charge in [-0.3, -0.25) is 0 Å². The van der Waals surface area contributed by atoms with E-state index in [4.69, 9.17) is 18.9 Å². The first-order valence-electron chi connectivity index (χ1n) is 12.3. The molecule has 4 rings (SSSR count). The quantitative estimate of drug-likeness (QED) is 0.523. The smallest absolute Gasteiger partial charge is 0.427 e. The normalized spacial score (nSPS) is 22.9. The summed E-state index contributed by atoms with van der Waals surface area (Å²) in [4.78, 5) is 36.2. The molecule has 1 aliphatic heterocycles. The van der Waals surface area contributed by atoms with E-state index in [1.807, 2.05) is 36.8 Å². The number of fused-ring (bicyclic) bond motifs is 2. The van der Waals surface area contributed by atoms with Crippen LogP contribution in [0.4, 0.5) is 15.5 Å². The lowest BCUT2D eigenvalue weighted by Crippen LogP contribution is -2.44. The summed E-state index contributed by atoms with van der Waals surface area (Å²) in [5.74, 6) is -0.890. The third kappa shape index (κ3) is 5.40. The van der Waals surface area contributed by atoms with Crippen molar-refractivity contribution in [3.63, 3.8) is 0 Å². The Labute approximate surface area is 217 Å². The largest absolute Gasteiger partial charge is 0.443 e. The van der Waals surface area contributed by atoms with E-state index in [0.717, 1.165) is 15.9 Å². The zero-order valence-corrected chi connectivity index (χ0v) is 23.0. The predicted molar refractivity (Wildman–Crippen MR) is 138 cm³/mol. The minimum atomic E-state index is -0.928. The van der Waals surface area contributed by atoms with Crippen molar-refractivity contribution >= 4 is 29.2 Å². The van der Waals surface area contributed by atoms with Crippen molar-refractivity contribution < 1.29 is 28.5 Å². The number of nitrogens with zero attached hydrogens (tertiary/aromatic N) is 4. The second-order valence-electron chi connectivity index (χ2n) is 11.7. The molecule has 2 aliphatic rings. The molecule has 0 aromatic carbocycles. The molecule has 10 nitrogen and oxygen atoms in total. The molecule has 1 fully saturated rings. The van der Waals surface area contributed by atoms with Gasteiger partial charge in [0.05, 0.1) is 11.7 Å². The number of amides is 2. The maximum absolute atomic E-state index is 13.2. The van der Waals surface area contributed by atoms with E-state index in [1.54, 1.807) is 54.5 Å². The molecule has 0 radical (unpaired) electrons. The van der Waals surface area contributed by atoms with E-state index >= 15 is 0 Å². The minimum Gasteiger partial charge on any atom is -0.443 e. The fraction of sp³-hybridized carbons (Fsp3) is 0.556. The molecule has 0 unspecified atom stereocenters. The Bertz CT molecular complexity index is 1250. The molecular weight excluding hydrogens is 476 g/mol. The molecule has 3 atom stereocenters. The summed E-state index contributed by atoms with van der Waals surface area (Å²) in [6, 6.07) is 1.64. The highest BCUT2D eigenvalue weighted by atomic mass is 16.8. The zero-order valence-electron chi connectivity index (χ0n) is 23.0. The summed E-state index contributed by atoms with van der Waals surface area (Å²) >= 11 is 0. The number of hydrogen-bond donors (Lipinski definition) is 0. The summed E-state index contributed by atoms with van der Waals surface area (Å²) in [5, 5.41) is 0.771. The molecule has 1 saturated heterocycles. The van der Waals surface area contributed by atoms with Gasteiger partial charge in [-0.25, -0.2) is 14.6 Å². The van der Waals surface area contributed by atoms with Gasteiger partial charge in [0, 0.05) is 11.6 Å². The average Bonchev–Trinajstić information content (AvgIpc) is 3.36. The van der Waals surface area contributed by atoms with Crippen LogP contribution in [0, 0.1) is 6.92 Å². The van der Waals surface area contributed by atoms with Gasteiger partial charge in [-0.1, -0.05) is 18.7 Å². The van der Waals surface area contributed by atoms with Crippen LogP contribution in [0.25, 0.3) is 11.0 Å². The number of anilines is 1. The van der Waals surface area contributed by atoms with Crippen molar-refractivity contribution in [1.82, 2.24) is 14.5 Å². The first-order valence-corrected chi connectivity index (χ1v) is 12.3. The molecule has 10 heteroatoms. The van der Waals surface area contributed by atoms with Gasteiger partial charge in [-0.05, 0) is 74.0 Å². The Balaban J connectivity index is 1.82. The van der Waals surface area contributed by atoms with Crippen LogP contribution in [-0.4, -0.2) is 55.9 Å². The second kappa shape index (κ2) is 8.95. The van der Waals surface area contributed by atoms with Gasteiger partial charge in [0.15, 0.2) is 5.79 Å². The Kier molecular flexibility index (Phi) is 6.49. The highest BCUT2D eigenvalue weighted by Crippen LogP contribution is 2.44. The molecular formula is C27H36N4O6. The Morgan fingerprint density at radius 1 is 1.08 bits per heavy atom. The van der Waals surface area contributed by atoms with Gasteiger partial charge in [-0.15, -0.1) is 4.90 Å². The molecule has 1 aliphatic carbocycles. The number of ether oxygens (including phenoxy) is 4. The van der Waals surface area contributed by atoms with E-state index in [-0.39, 0.29) is 24.2 Å². The lowest BCUT2D eigenvalue weighted by Gasteiger charge is -2.27. The standard InChI is InChI=1S/C27H36N4O6/c1-11-16-14-18(20-19(16)34-27(9,10)35-20)30-13-12-17-15(2)28-22(29-21(17)30)31(23(32)36-25(3,4)5)24(33)37-26(6,7)8/h11-14,18-20H,1H2,2-10H3/t18-,19-,20+/m1/s1. The van der Waals surface area contributed by atoms with E-state index in [1.165, 1.54) is 0 Å². The molecule has 0 spiro atoms. The van der Waals surface area contributed by atoms with Crippen molar-refractivity contribution in [3.05, 3.63) is 42.3 Å². The van der Waals surface area contributed by atoms with Gasteiger partial charge in [0.2, 0.25) is 5.95 Å². The van der Waals surface area contributed by atoms with Crippen LogP contribution in [0.2, 0.25) is 0 Å². The third-order valence-electron chi connectivity index (χ3n) is 5.82. The van der Waals surface area contributed by atoms with Gasteiger partial charge in [-0.2, -0.15) is 4.98 Å². The molecule has 0 saturated carbocycles. The Morgan fingerprint density at radius 2 is 1.68 bits per heavy atom. The Hall–Kier alpha value is -3.24. The highest BCUT2D eigenvalue weighted by molar-refractivity contribution is 6.08. The van der Waals surface area contributed by atoms with Crippen LogP contribution in [0.15, 0.2) is 36.6 Å². The topological polar surface area (TPSA) is 105 Å². The molecule has 3 heterocycles. The first kappa shape index (κ1) is 26.8. The van der Waals surface area contributed by atoms with Gasteiger partial charge in [0.25, 0.3) is 0 Å². The van der Waals surface area contributed by atoms with Crippen molar-refractivity contribution in [3.8, 4) is 0 Å². The lowest BCUT2D eigenvalue weighted by molar-refractivity contribution is -0.147. The number of carbonyl (C=O) groups excluding carboxylic acids is 2. The average molecular weight is 513 g/mol. The number of rotatable bonds is 3. The predicted octanol–water partition coefficient (Wildman–Crippen LogP) is 5.60. The number of imide groups is 1. The SMILES string of the molecule is C=CC1=C[C@@H](n2ccc3c(C)nc(N(C(=O)OC(C)(C)C)C(=O)OC(C)(C)C)nc32)[C@@H]2OC(C)(C)O[C@H]12. The third-order valence-corrected chi connectivity index (χ3v) is 5.82. The number of carbonyl (C=O) groups is 2. The Morgan fingerprint density at radius 3 is 2.22 bits per heavy atom. The number of aromatic nitrogens is 3. The fourth-order valence-electron chi connectivity index (χ4n) is 4.47. The van der Waals surface area contributed by atoms with Crippen molar-refractivity contribution in [1.29, 1.82) is 0 Å². The van der Waals surface area contributed by atoms with Crippen LogP contribution < -0.4 is 4.90 Å². The van der Waals surface area contributed by atoms with Gasteiger partial charge < -0.3 is 23.5 Å². The van der Waals surface area contributed by atoms with Crippen molar-refractivity contribution in [2.24, 2.45) is 0 Å². The molecule has 2 aromatic heterocycles. The van der Waals surface area contributed by atoms with Crippen molar-refractivity contribution in [2.75, 3.05) is 4.90 Å². The summed E-state index contributed by atoms with van der Waals surface area (Å²) in [6.07, 6.45) is 3.27. The van der Waals surface area contributed by atoms with Gasteiger partial charge in [0.1, 0.15) is 29.1 Å². The zero-order chi connectivity index (χ0) is 27.5. The maximum Gasteiger partial charge on any atom is 0.427 e. The summed E-state index contributed by atoms with van der Waals surface area (Å²) < 4.78 is 25.3. The van der Waals surface area contributed by atoms with Crippen LogP contribution >= 0.6 is 0 Å². The fourth-order valence-corrected chi connectivity index (χ4v) is 4.47. The highest BCUT2D eigenvalue weighted by Gasteiger charge is 2.50. The molecule has 2 amide bonds. The molecule has 0 N–H and O–H groups in total. The molecule has 2 aromatic rings. The van der Waals surface area contributed by atoms with Gasteiger partial charge >= 0.3 is 12.2 Å². The van der Waals surface area contributed by atoms with Crippen LogP contribution in [0.3, 0.4) is 0 Å². The van der Waals surface area contributed by atoms with E-state index < -0.39 is 29.2 Å². The first-order chi connectivity index (χ1) is 17.0. The molecule has 37 heavy (non-hydrogen) atoms. The minimum absolute atomic E-state index is 0.139. The van der Waals surface area contributed by atoms with E-state index in [0.29, 0.717) is 11.3 Å². The monoisotopic (exact) mass is 512 g/mol. The number of hydrogen-bond acceptors (Lipinski definition) is 8. The van der Waals surface area contributed by atoms with Crippen LogP contribution in [0.1, 0.15) is 67.1 Å². The van der Waals surface area contributed by atoms with E-state index in [9.17, 15) is 9.59 Å². The molecule has 200 valence electrons. The van der Waals surface area contributed by atoms with Crippen molar-refractivity contribution in [2.45, 2.75) is 97.6 Å². The summed E-state index contributed by atoms with van der Waals surface area (Å²) in [7, 11) is 0. The summed E-state index contributed by atoms with van der Waals surface area (Å²) in [5.41, 5.74) is 0.334. The maximum atomic E-state index is 13.2. The van der Waals surface area contributed by atoms with Crippen LogP contribution in [0.5, 0.6) is 0 Å². The van der Waals surface area contributed by atoms with E-state index in [2.05, 4.69) is 16.5 Å². The number of aryl methyl sites for hydroxylation is 1. The summed E-state index contributed by atoms with van der Waals surface area (Å²) in [6.45, 7) is 19.7.